The average molecular weight is 418 g/mol. The summed E-state index contributed by atoms with van der Waals surface area (Å²) < 4.78 is 10.6. The van der Waals surface area contributed by atoms with Crippen LogP contribution in [0.4, 0.5) is 10.7 Å². The highest BCUT2D eigenvalue weighted by Gasteiger charge is 2.27. The lowest BCUT2D eigenvalue weighted by atomic mass is 9.95. The Hall–Kier alpha value is -2.94. The van der Waals surface area contributed by atoms with E-state index >= 15 is 0 Å². The van der Waals surface area contributed by atoms with Crippen molar-refractivity contribution < 1.29 is 24.0 Å². The van der Waals surface area contributed by atoms with Gasteiger partial charge in [0.1, 0.15) is 10.8 Å². The summed E-state index contributed by atoms with van der Waals surface area (Å²) in [5.74, 6) is -0.474. The highest BCUT2D eigenvalue weighted by atomic mass is 32.1. The van der Waals surface area contributed by atoms with Gasteiger partial charge in [0, 0.05) is 16.5 Å². The lowest BCUT2D eigenvalue weighted by molar-refractivity contribution is -0.385. The molecule has 1 aliphatic rings. The molecule has 1 heterocycles. The van der Waals surface area contributed by atoms with Crippen molar-refractivity contribution in [2.45, 2.75) is 39.5 Å². The molecule has 0 aliphatic heterocycles. The summed E-state index contributed by atoms with van der Waals surface area (Å²) in [5.41, 5.74) is 1.86. The molecule has 0 fully saturated rings. The van der Waals surface area contributed by atoms with Gasteiger partial charge in [-0.25, -0.2) is 4.79 Å². The Bertz CT molecular complexity index is 953. The second-order valence-electron chi connectivity index (χ2n) is 6.68. The molecule has 0 saturated carbocycles. The number of esters is 1. The zero-order valence-electron chi connectivity index (χ0n) is 16.3. The largest absolute Gasteiger partial charge is 0.484 e. The second-order valence-corrected chi connectivity index (χ2v) is 7.78. The van der Waals surface area contributed by atoms with Crippen LogP contribution in [0.2, 0.25) is 0 Å². The molecule has 1 aromatic carbocycles. The van der Waals surface area contributed by atoms with E-state index in [1.807, 2.05) is 0 Å². The Morgan fingerprint density at radius 2 is 2.03 bits per heavy atom. The van der Waals surface area contributed by atoms with E-state index in [2.05, 4.69) is 5.32 Å². The van der Waals surface area contributed by atoms with Gasteiger partial charge in [0.05, 0.1) is 17.1 Å². The predicted molar refractivity (Wildman–Crippen MR) is 109 cm³/mol. The molecule has 9 heteroatoms. The first kappa shape index (κ1) is 20.8. The van der Waals surface area contributed by atoms with Crippen LogP contribution in [0.3, 0.4) is 0 Å². The highest BCUT2D eigenvalue weighted by Crippen LogP contribution is 2.38. The number of rotatable bonds is 7. The van der Waals surface area contributed by atoms with Gasteiger partial charge >= 0.3 is 5.97 Å². The van der Waals surface area contributed by atoms with E-state index in [1.165, 1.54) is 29.5 Å². The van der Waals surface area contributed by atoms with Crippen molar-refractivity contribution in [1.82, 2.24) is 0 Å². The number of aryl methyl sites for hydroxylation is 2. The van der Waals surface area contributed by atoms with Gasteiger partial charge in [0.2, 0.25) is 0 Å². The summed E-state index contributed by atoms with van der Waals surface area (Å²) in [7, 11) is 0. The quantitative estimate of drug-likeness (QED) is 0.413. The van der Waals surface area contributed by atoms with Gasteiger partial charge in [-0.3, -0.25) is 14.9 Å². The lowest BCUT2D eigenvalue weighted by Gasteiger charge is -2.12. The van der Waals surface area contributed by atoms with E-state index in [4.69, 9.17) is 9.47 Å². The van der Waals surface area contributed by atoms with Crippen molar-refractivity contribution in [3.63, 3.8) is 0 Å². The summed E-state index contributed by atoms with van der Waals surface area (Å²) in [5, 5.41) is 14.1. The number of benzene rings is 1. The van der Waals surface area contributed by atoms with Crippen LogP contribution in [0.5, 0.6) is 5.75 Å². The Morgan fingerprint density at radius 3 is 2.72 bits per heavy atom. The highest BCUT2D eigenvalue weighted by molar-refractivity contribution is 7.17. The fraction of sp³-hybridized carbons (Fsp3) is 0.400. The first-order valence-corrected chi connectivity index (χ1v) is 10.2. The van der Waals surface area contributed by atoms with Gasteiger partial charge in [-0.05, 0) is 57.2 Å². The molecule has 0 radical (unpaired) electrons. The average Bonchev–Trinajstić information content (AvgIpc) is 3.04. The molecule has 1 aromatic heterocycles. The first-order valence-electron chi connectivity index (χ1n) is 9.40. The molecule has 29 heavy (non-hydrogen) atoms. The summed E-state index contributed by atoms with van der Waals surface area (Å²) in [4.78, 5) is 36.4. The minimum Gasteiger partial charge on any atom is -0.484 e. The second kappa shape index (κ2) is 9.04. The molecule has 0 atom stereocenters. The number of anilines is 1. The summed E-state index contributed by atoms with van der Waals surface area (Å²) >= 11 is 1.41. The summed E-state index contributed by atoms with van der Waals surface area (Å²) in [6, 6.07) is 4.31. The number of nitro groups is 1. The minimum absolute atomic E-state index is 0.00922. The van der Waals surface area contributed by atoms with Gasteiger partial charge < -0.3 is 14.8 Å². The number of hydrogen-bond acceptors (Lipinski definition) is 7. The number of fused-ring (bicyclic) bond motifs is 1. The summed E-state index contributed by atoms with van der Waals surface area (Å²) in [6.07, 6.45) is 3.76. The van der Waals surface area contributed by atoms with E-state index in [9.17, 15) is 19.7 Å². The lowest BCUT2D eigenvalue weighted by Crippen LogP contribution is -2.21. The molecule has 0 spiro atoms. The monoisotopic (exact) mass is 418 g/mol. The zero-order valence-corrected chi connectivity index (χ0v) is 17.1. The van der Waals surface area contributed by atoms with Crippen LogP contribution >= 0.6 is 11.3 Å². The Balaban J connectivity index is 1.70. The third-order valence-corrected chi connectivity index (χ3v) is 5.85. The van der Waals surface area contributed by atoms with Crippen LogP contribution in [0.25, 0.3) is 0 Å². The van der Waals surface area contributed by atoms with Crippen molar-refractivity contribution in [1.29, 1.82) is 0 Å². The van der Waals surface area contributed by atoms with Gasteiger partial charge in [0.15, 0.2) is 6.61 Å². The van der Waals surface area contributed by atoms with Gasteiger partial charge in [-0.2, -0.15) is 0 Å². The smallest absolute Gasteiger partial charge is 0.341 e. The fourth-order valence-corrected chi connectivity index (χ4v) is 4.60. The summed E-state index contributed by atoms with van der Waals surface area (Å²) in [6.45, 7) is 3.34. The fourth-order valence-electron chi connectivity index (χ4n) is 3.31. The number of nitrogens with one attached hydrogen (secondary N) is 1. The third kappa shape index (κ3) is 4.73. The number of ether oxygens (including phenoxy) is 2. The number of hydrogen-bond donors (Lipinski definition) is 1. The van der Waals surface area contributed by atoms with Crippen molar-refractivity contribution >= 4 is 33.9 Å². The van der Waals surface area contributed by atoms with Crippen LogP contribution in [-0.4, -0.2) is 30.0 Å². The molecule has 0 bridgehead atoms. The number of thiophene rings is 1. The van der Waals surface area contributed by atoms with Gasteiger partial charge in [-0.1, -0.05) is 0 Å². The Labute approximate surface area is 172 Å². The third-order valence-electron chi connectivity index (χ3n) is 4.64. The van der Waals surface area contributed by atoms with Crippen LogP contribution < -0.4 is 10.1 Å². The van der Waals surface area contributed by atoms with E-state index < -0.39 is 16.8 Å². The van der Waals surface area contributed by atoms with Crippen LogP contribution in [0.15, 0.2) is 18.2 Å². The normalized spacial score (nSPS) is 12.8. The molecule has 1 N–H and O–H groups in total. The molecular weight excluding hydrogens is 396 g/mol. The maximum absolute atomic E-state index is 12.4. The van der Waals surface area contributed by atoms with Gasteiger partial charge in [-0.15, -0.1) is 11.3 Å². The molecule has 8 nitrogen and oxygen atoms in total. The molecule has 3 rings (SSSR count). The topological polar surface area (TPSA) is 108 Å². The Kier molecular flexibility index (Phi) is 6.48. The van der Waals surface area contributed by atoms with Crippen molar-refractivity contribution in [2.24, 2.45) is 0 Å². The molecular formula is C20H22N2O6S. The molecule has 0 unspecified atom stereocenters. The number of nitro benzene ring substituents is 1. The minimum atomic E-state index is -0.471. The number of nitrogens with zero attached hydrogens (tertiary/aromatic N) is 1. The number of carbonyl (C=O) groups excluding carboxylic acids is 2. The number of carbonyl (C=O) groups is 2. The molecule has 1 amide bonds. The molecule has 154 valence electrons. The first-order chi connectivity index (χ1) is 13.9. The molecule has 0 saturated heterocycles. The van der Waals surface area contributed by atoms with E-state index in [-0.39, 0.29) is 18.9 Å². The maximum Gasteiger partial charge on any atom is 0.341 e. The van der Waals surface area contributed by atoms with Gasteiger partial charge in [0.25, 0.3) is 11.6 Å². The van der Waals surface area contributed by atoms with E-state index in [1.54, 1.807) is 13.8 Å². The zero-order chi connectivity index (χ0) is 21.0. The van der Waals surface area contributed by atoms with E-state index in [0.717, 1.165) is 36.1 Å². The predicted octanol–water partition coefficient (Wildman–Crippen LogP) is 4.04. The maximum atomic E-state index is 12.4. The van der Waals surface area contributed by atoms with Crippen LogP contribution in [0, 0.1) is 17.0 Å². The molecule has 1 aliphatic carbocycles. The van der Waals surface area contributed by atoms with Crippen molar-refractivity contribution in [3.05, 3.63) is 49.9 Å². The van der Waals surface area contributed by atoms with Crippen LogP contribution in [0.1, 0.15) is 46.1 Å². The number of amides is 1. The van der Waals surface area contributed by atoms with Crippen molar-refractivity contribution in [3.8, 4) is 5.75 Å². The van der Waals surface area contributed by atoms with Crippen LogP contribution in [-0.2, 0) is 22.4 Å². The standard InChI is InChI=1S/C20H22N2O6S/c1-3-27-20(24)18-14-6-4-5-7-16(14)29-19(18)21-17(23)11-28-13-8-9-15(22(25)26)12(2)10-13/h8-10H,3-7,11H2,1-2H3,(H,21,23). The molecule has 2 aromatic rings. The SMILES string of the molecule is CCOC(=O)c1c(NC(=O)COc2ccc([N+](=O)[O-])c(C)c2)sc2c1CCCC2. The Morgan fingerprint density at radius 1 is 1.28 bits per heavy atom. The van der Waals surface area contributed by atoms with E-state index in [0.29, 0.717) is 21.9 Å². The van der Waals surface area contributed by atoms with Crippen molar-refractivity contribution in [2.75, 3.05) is 18.5 Å².